The van der Waals surface area contributed by atoms with Crippen LogP contribution in [0.15, 0.2) is 11.6 Å². The first-order chi connectivity index (χ1) is 12.5. The van der Waals surface area contributed by atoms with E-state index in [1.807, 2.05) is 13.0 Å². The minimum Gasteiger partial charge on any atom is -0.507 e. The summed E-state index contributed by atoms with van der Waals surface area (Å²) in [5.74, 6) is -0.223. The fraction of sp³-hybridized carbons (Fsp3) is 0.500. The molecule has 1 unspecified atom stereocenters. The van der Waals surface area contributed by atoms with E-state index in [1.165, 1.54) is 0 Å². The van der Waals surface area contributed by atoms with E-state index < -0.39 is 5.97 Å². The maximum atomic E-state index is 11.9. The lowest BCUT2D eigenvalue weighted by Gasteiger charge is -2.15. The number of aromatic hydroxyl groups is 1. The van der Waals surface area contributed by atoms with Crippen molar-refractivity contribution in [3.8, 4) is 11.5 Å². The Balaban J connectivity index is 1.85. The fourth-order valence-electron chi connectivity index (χ4n) is 3.80. The highest BCUT2D eigenvalue weighted by Crippen LogP contribution is 2.42. The van der Waals surface area contributed by atoms with Gasteiger partial charge in [-0.2, -0.15) is 0 Å². The number of benzene rings is 1. The van der Waals surface area contributed by atoms with Crippen molar-refractivity contribution in [2.75, 3.05) is 13.7 Å². The Morgan fingerprint density at radius 2 is 2.19 bits per heavy atom. The van der Waals surface area contributed by atoms with Gasteiger partial charge in [0.05, 0.1) is 19.6 Å². The van der Waals surface area contributed by atoms with Crippen LogP contribution in [0.25, 0.3) is 0 Å². The first-order valence-corrected chi connectivity index (χ1v) is 8.90. The molecule has 2 aliphatic rings. The monoisotopic (exact) mass is 360 g/mol. The summed E-state index contributed by atoms with van der Waals surface area (Å²) in [4.78, 5) is 23.8. The molecule has 1 N–H and O–H groups in total. The molecule has 1 aliphatic carbocycles. The number of methoxy groups -OCH3 is 1. The first-order valence-electron chi connectivity index (χ1n) is 8.90. The zero-order chi connectivity index (χ0) is 18.8. The molecule has 6 nitrogen and oxygen atoms in total. The molecule has 6 heteroatoms. The smallest absolute Gasteiger partial charge is 0.342 e. The number of carbonyl (C=O) groups excluding carboxylic acids is 2. The molecule has 0 amide bonds. The van der Waals surface area contributed by atoms with Crippen LogP contribution in [-0.2, 0) is 27.3 Å². The Kier molecular flexibility index (Phi) is 5.20. The maximum Gasteiger partial charge on any atom is 0.342 e. The maximum absolute atomic E-state index is 11.9. The number of rotatable bonds is 5. The average molecular weight is 360 g/mol. The summed E-state index contributed by atoms with van der Waals surface area (Å²) >= 11 is 0. The summed E-state index contributed by atoms with van der Waals surface area (Å²) in [6, 6.07) is 0. The third kappa shape index (κ3) is 3.16. The minimum atomic E-state index is -0.500. The summed E-state index contributed by atoms with van der Waals surface area (Å²) < 4.78 is 15.6. The van der Waals surface area contributed by atoms with Gasteiger partial charge in [-0.1, -0.05) is 11.6 Å². The number of hydrogen-bond acceptors (Lipinski definition) is 6. The SMILES string of the molecule is CCOC(=O)C1CCC(=CCc2c(O)c3c(c(C)c2OC)COC3=O)C1. The second-order valence-corrected chi connectivity index (χ2v) is 6.67. The number of allylic oxidation sites excluding steroid dienone is 2. The summed E-state index contributed by atoms with van der Waals surface area (Å²) in [6.07, 6.45) is 4.74. The number of esters is 2. The van der Waals surface area contributed by atoms with Gasteiger partial charge in [0.15, 0.2) is 0 Å². The van der Waals surface area contributed by atoms with Gasteiger partial charge in [-0.05, 0) is 45.1 Å². The van der Waals surface area contributed by atoms with E-state index in [0.717, 1.165) is 24.0 Å². The number of phenolic OH excluding ortho intramolecular Hbond substituents is 1. The van der Waals surface area contributed by atoms with Crippen molar-refractivity contribution in [2.24, 2.45) is 5.92 Å². The summed E-state index contributed by atoms with van der Waals surface area (Å²) in [6.45, 7) is 4.22. The molecule has 0 radical (unpaired) electrons. The van der Waals surface area contributed by atoms with Crippen molar-refractivity contribution in [3.63, 3.8) is 0 Å². The van der Waals surface area contributed by atoms with Crippen LogP contribution in [0.3, 0.4) is 0 Å². The fourth-order valence-corrected chi connectivity index (χ4v) is 3.80. The lowest BCUT2D eigenvalue weighted by molar-refractivity contribution is -0.147. The number of phenols is 1. The van der Waals surface area contributed by atoms with E-state index in [1.54, 1.807) is 14.0 Å². The van der Waals surface area contributed by atoms with E-state index in [4.69, 9.17) is 14.2 Å². The van der Waals surface area contributed by atoms with Crippen molar-refractivity contribution < 1.29 is 28.9 Å². The third-order valence-electron chi connectivity index (χ3n) is 5.18. The van der Waals surface area contributed by atoms with Gasteiger partial charge in [0, 0.05) is 11.1 Å². The highest BCUT2D eigenvalue weighted by Gasteiger charge is 2.32. The number of hydrogen-bond donors (Lipinski definition) is 1. The summed E-state index contributed by atoms with van der Waals surface area (Å²) in [7, 11) is 1.55. The van der Waals surface area contributed by atoms with Crippen molar-refractivity contribution in [2.45, 2.75) is 46.1 Å². The zero-order valence-corrected chi connectivity index (χ0v) is 15.4. The lowest BCUT2D eigenvalue weighted by atomic mass is 9.94. The molecule has 140 valence electrons. The van der Waals surface area contributed by atoms with Crippen LogP contribution in [0.2, 0.25) is 0 Å². The van der Waals surface area contributed by atoms with Gasteiger partial charge in [-0.25, -0.2) is 4.79 Å². The summed E-state index contributed by atoms with van der Waals surface area (Å²) in [5.41, 5.74) is 3.48. The van der Waals surface area contributed by atoms with Crippen molar-refractivity contribution in [1.82, 2.24) is 0 Å². The molecule has 1 aromatic rings. The molecule has 0 saturated heterocycles. The highest BCUT2D eigenvalue weighted by atomic mass is 16.5. The Labute approximate surface area is 152 Å². The number of fused-ring (bicyclic) bond motifs is 1. The molecule has 0 spiro atoms. The Morgan fingerprint density at radius 1 is 1.42 bits per heavy atom. The number of ether oxygens (including phenoxy) is 3. The predicted octanol–water partition coefficient (Wildman–Crippen LogP) is 3.21. The van der Waals surface area contributed by atoms with Gasteiger partial charge in [0.1, 0.15) is 23.7 Å². The minimum absolute atomic E-state index is 0.0678. The molecule has 0 aromatic heterocycles. The normalized spacial score (nSPS) is 20.2. The van der Waals surface area contributed by atoms with Gasteiger partial charge < -0.3 is 19.3 Å². The molecular weight excluding hydrogens is 336 g/mol. The highest BCUT2D eigenvalue weighted by molar-refractivity contribution is 5.98. The van der Waals surface area contributed by atoms with Crippen molar-refractivity contribution in [3.05, 3.63) is 33.9 Å². The van der Waals surface area contributed by atoms with Crippen LogP contribution >= 0.6 is 0 Å². The van der Waals surface area contributed by atoms with E-state index in [9.17, 15) is 14.7 Å². The largest absolute Gasteiger partial charge is 0.507 e. The zero-order valence-electron chi connectivity index (χ0n) is 15.4. The molecule has 1 heterocycles. The van der Waals surface area contributed by atoms with Gasteiger partial charge in [0.2, 0.25) is 0 Å². The summed E-state index contributed by atoms with van der Waals surface area (Å²) in [5, 5.41) is 10.6. The van der Waals surface area contributed by atoms with Gasteiger partial charge in [-0.15, -0.1) is 0 Å². The molecule has 1 aromatic carbocycles. The lowest BCUT2D eigenvalue weighted by Crippen LogP contribution is -2.14. The van der Waals surface area contributed by atoms with Gasteiger partial charge >= 0.3 is 11.9 Å². The predicted molar refractivity (Wildman–Crippen MR) is 94.3 cm³/mol. The Morgan fingerprint density at radius 3 is 2.88 bits per heavy atom. The molecule has 0 bridgehead atoms. The van der Waals surface area contributed by atoms with Crippen LogP contribution in [0, 0.1) is 12.8 Å². The molecule has 3 rings (SSSR count). The topological polar surface area (TPSA) is 82.1 Å². The molecule has 1 saturated carbocycles. The first kappa shape index (κ1) is 18.3. The van der Waals surface area contributed by atoms with Crippen LogP contribution in [-0.4, -0.2) is 30.8 Å². The second-order valence-electron chi connectivity index (χ2n) is 6.67. The average Bonchev–Trinajstić information content (AvgIpc) is 3.24. The number of cyclic esters (lactones) is 1. The standard InChI is InChI=1S/C20H24O6/c1-4-25-19(22)13-7-5-12(9-13)6-8-14-17(21)16-15(10-26-20(16)23)11(2)18(14)24-3/h6,13,21H,4-5,7-10H2,1-3H3. The van der Waals surface area contributed by atoms with Crippen molar-refractivity contribution >= 4 is 11.9 Å². The van der Waals surface area contributed by atoms with Crippen LogP contribution in [0.4, 0.5) is 0 Å². The Bertz CT molecular complexity index is 777. The van der Waals surface area contributed by atoms with E-state index in [-0.39, 0.29) is 29.8 Å². The number of carbonyl (C=O) groups is 2. The second kappa shape index (κ2) is 7.40. The molecule has 1 atom stereocenters. The van der Waals surface area contributed by atoms with Crippen LogP contribution < -0.4 is 4.74 Å². The van der Waals surface area contributed by atoms with Gasteiger partial charge in [0.25, 0.3) is 0 Å². The Hall–Kier alpha value is -2.50. The van der Waals surface area contributed by atoms with Gasteiger partial charge in [-0.3, -0.25) is 4.79 Å². The van der Waals surface area contributed by atoms with Crippen LogP contribution in [0.1, 0.15) is 53.2 Å². The van der Waals surface area contributed by atoms with Crippen molar-refractivity contribution in [1.29, 1.82) is 0 Å². The third-order valence-corrected chi connectivity index (χ3v) is 5.18. The quantitative estimate of drug-likeness (QED) is 0.641. The molecule has 1 fully saturated rings. The van der Waals surface area contributed by atoms with Crippen LogP contribution in [0.5, 0.6) is 11.5 Å². The van der Waals surface area contributed by atoms with E-state index in [0.29, 0.717) is 36.3 Å². The van der Waals surface area contributed by atoms with E-state index in [2.05, 4.69) is 0 Å². The molecule has 1 aliphatic heterocycles. The molecule has 26 heavy (non-hydrogen) atoms. The molecular formula is C20H24O6. The van der Waals surface area contributed by atoms with E-state index >= 15 is 0 Å².